The van der Waals surface area contributed by atoms with Gasteiger partial charge in [0.25, 0.3) is 0 Å². The van der Waals surface area contributed by atoms with Crippen LogP contribution in [0.1, 0.15) is 72.1 Å². The molecule has 21 heavy (non-hydrogen) atoms. The van der Waals surface area contributed by atoms with E-state index in [2.05, 4.69) is 31.4 Å². The van der Waals surface area contributed by atoms with Crippen LogP contribution in [0.3, 0.4) is 0 Å². The number of nitrogens with one attached hydrogen (secondary N) is 2. The number of carboxylic acids is 1. The Morgan fingerprint density at radius 3 is 2.38 bits per heavy atom. The minimum Gasteiger partial charge on any atom is -0.481 e. The van der Waals surface area contributed by atoms with Crippen LogP contribution in [0.15, 0.2) is 0 Å². The molecular formula is C16H30N2O3. The molecule has 0 aliphatic heterocycles. The molecule has 0 aromatic heterocycles. The Morgan fingerprint density at radius 2 is 1.90 bits per heavy atom. The molecule has 1 saturated carbocycles. The standard InChI is InChI=1S/C16H30N2O3/c1-4-5-6-8-15(2,3)12-17-14(21)18-16(9-7-10-16)11-13(19)20/h4-12H2,1-3H3,(H,19,20)(H2,17,18,21). The maximum atomic E-state index is 12.0. The Balaban J connectivity index is 2.34. The predicted molar refractivity (Wildman–Crippen MR) is 83.3 cm³/mol. The number of rotatable bonds is 9. The Morgan fingerprint density at radius 1 is 1.24 bits per heavy atom. The van der Waals surface area contributed by atoms with Gasteiger partial charge in [-0.2, -0.15) is 0 Å². The summed E-state index contributed by atoms with van der Waals surface area (Å²) in [5.41, 5.74) is -0.450. The zero-order valence-corrected chi connectivity index (χ0v) is 13.6. The summed E-state index contributed by atoms with van der Waals surface area (Å²) >= 11 is 0. The molecule has 1 aliphatic carbocycles. The van der Waals surface area contributed by atoms with Crippen LogP contribution in [0.5, 0.6) is 0 Å². The van der Waals surface area contributed by atoms with Gasteiger partial charge in [-0.25, -0.2) is 4.79 Å². The maximum Gasteiger partial charge on any atom is 0.315 e. The van der Waals surface area contributed by atoms with Crippen molar-refractivity contribution >= 4 is 12.0 Å². The maximum absolute atomic E-state index is 12.0. The summed E-state index contributed by atoms with van der Waals surface area (Å²) in [5, 5.41) is 14.7. The molecule has 1 rings (SSSR count). The lowest BCUT2D eigenvalue weighted by molar-refractivity contribution is -0.139. The highest BCUT2D eigenvalue weighted by atomic mass is 16.4. The summed E-state index contributed by atoms with van der Waals surface area (Å²) in [6.07, 6.45) is 7.19. The normalized spacial score (nSPS) is 16.9. The van der Waals surface area contributed by atoms with Gasteiger partial charge < -0.3 is 15.7 Å². The lowest BCUT2D eigenvalue weighted by Gasteiger charge is -2.41. The second kappa shape index (κ2) is 7.66. The molecule has 2 amide bonds. The molecule has 1 fully saturated rings. The molecule has 0 aromatic carbocycles. The number of amides is 2. The predicted octanol–water partition coefficient (Wildman–Crippen LogP) is 3.29. The van der Waals surface area contributed by atoms with Crippen LogP contribution in [0.2, 0.25) is 0 Å². The average Bonchev–Trinajstić information content (AvgIpc) is 2.33. The number of carboxylic acid groups (broad SMARTS) is 1. The summed E-state index contributed by atoms with van der Waals surface area (Å²) in [5.74, 6) is -0.852. The highest BCUT2D eigenvalue weighted by Crippen LogP contribution is 2.34. The van der Waals surface area contributed by atoms with E-state index in [4.69, 9.17) is 5.11 Å². The van der Waals surface area contributed by atoms with Gasteiger partial charge in [0.15, 0.2) is 0 Å². The second-order valence-corrected chi connectivity index (χ2v) is 7.13. The summed E-state index contributed by atoms with van der Waals surface area (Å²) in [6.45, 7) is 7.10. The smallest absolute Gasteiger partial charge is 0.315 e. The number of hydrogen-bond donors (Lipinski definition) is 3. The van der Waals surface area contributed by atoms with Gasteiger partial charge in [-0.15, -0.1) is 0 Å². The van der Waals surface area contributed by atoms with Crippen LogP contribution in [0, 0.1) is 5.41 Å². The van der Waals surface area contributed by atoms with Gasteiger partial charge in [0.05, 0.1) is 12.0 Å². The largest absolute Gasteiger partial charge is 0.481 e. The zero-order valence-electron chi connectivity index (χ0n) is 13.6. The van der Waals surface area contributed by atoms with Crippen LogP contribution in [-0.4, -0.2) is 29.2 Å². The molecule has 0 aromatic rings. The van der Waals surface area contributed by atoms with Crippen LogP contribution in [-0.2, 0) is 4.79 Å². The van der Waals surface area contributed by atoms with E-state index in [0.717, 1.165) is 25.7 Å². The Kier molecular flexibility index (Phi) is 6.49. The molecule has 0 heterocycles. The molecular weight excluding hydrogens is 268 g/mol. The third kappa shape index (κ3) is 6.36. The van der Waals surface area contributed by atoms with Crippen molar-refractivity contribution in [2.45, 2.75) is 77.7 Å². The van der Waals surface area contributed by atoms with Crippen molar-refractivity contribution in [2.24, 2.45) is 5.41 Å². The Hall–Kier alpha value is -1.26. The van der Waals surface area contributed by atoms with Gasteiger partial charge in [0, 0.05) is 6.54 Å². The van der Waals surface area contributed by atoms with Gasteiger partial charge in [-0.3, -0.25) is 4.79 Å². The lowest BCUT2D eigenvalue weighted by atomic mass is 9.74. The number of hydrogen-bond acceptors (Lipinski definition) is 2. The quantitative estimate of drug-likeness (QED) is 0.571. The third-order valence-corrected chi connectivity index (χ3v) is 4.36. The molecule has 0 bridgehead atoms. The zero-order chi connectivity index (χ0) is 15.9. The molecule has 0 radical (unpaired) electrons. The first kappa shape index (κ1) is 17.8. The molecule has 0 spiro atoms. The molecule has 5 heteroatoms. The van der Waals surface area contributed by atoms with E-state index < -0.39 is 11.5 Å². The van der Waals surface area contributed by atoms with Gasteiger partial charge in [-0.05, 0) is 31.1 Å². The fourth-order valence-electron chi connectivity index (χ4n) is 2.79. The molecule has 0 saturated heterocycles. The van der Waals surface area contributed by atoms with Gasteiger partial charge in [-0.1, -0.05) is 40.0 Å². The van der Waals surface area contributed by atoms with E-state index in [1.165, 1.54) is 19.3 Å². The van der Waals surface area contributed by atoms with E-state index in [0.29, 0.717) is 6.54 Å². The van der Waals surface area contributed by atoms with Crippen molar-refractivity contribution in [1.82, 2.24) is 10.6 Å². The van der Waals surface area contributed by atoms with Crippen molar-refractivity contribution in [3.63, 3.8) is 0 Å². The summed E-state index contributed by atoms with van der Waals surface area (Å²) in [6, 6.07) is -0.237. The summed E-state index contributed by atoms with van der Waals surface area (Å²) in [7, 11) is 0. The van der Waals surface area contributed by atoms with Gasteiger partial charge in [0.1, 0.15) is 0 Å². The average molecular weight is 298 g/mol. The Labute approximate surface area is 127 Å². The fraction of sp³-hybridized carbons (Fsp3) is 0.875. The lowest BCUT2D eigenvalue weighted by Crippen LogP contribution is -2.57. The number of aliphatic carboxylic acids is 1. The molecule has 0 unspecified atom stereocenters. The van der Waals surface area contributed by atoms with Crippen molar-refractivity contribution in [3.05, 3.63) is 0 Å². The topological polar surface area (TPSA) is 78.4 Å². The fourth-order valence-corrected chi connectivity index (χ4v) is 2.79. The number of carbonyl (C=O) groups is 2. The molecule has 3 N–H and O–H groups in total. The number of carbonyl (C=O) groups excluding carboxylic acids is 1. The highest BCUT2D eigenvalue weighted by molar-refractivity contribution is 5.77. The van der Waals surface area contributed by atoms with Gasteiger partial charge >= 0.3 is 12.0 Å². The second-order valence-electron chi connectivity index (χ2n) is 7.13. The minimum atomic E-state index is -0.852. The highest BCUT2D eigenvalue weighted by Gasteiger charge is 2.40. The van der Waals surface area contributed by atoms with Crippen molar-refractivity contribution < 1.29 is 14.7 Å². The van der Waals surface area contributed by atoms with E-state index in [1.54, 1.807) is 0 Å². The Bertz CT molecular complexity index is 363. The van der Waals surface area contributed by atoms with Crippen LogP contribution >= 0.6 is 0 Å². The monoisotopic (exact) mass is 298 g/mol. The van der Waals surface area contributed by atoms with Crippen molar-refractivity contribution in [2.75, 3.05) is 6.54 Å². The molecule has 5 nitrogen and oxygen atoms in total. The van der Waals surface area contributed by atoms with E-state index >= 15 is 0 Å². The number of unbranched alkanes of at least 4 members (excludes halogenated alkanes) is 2. The van der Waals surface area contributed by atoms with Crippen LogP contribution in [0.4, 0.5) is 4.79 Å². The summed E-state index contributed by atoms with van der Waals surface area (Å²) < 4.78 is 0. The first-order valence-corrected chi connectivity index (χ1v) is 8.06. The molecule has 122 valence electrons. The van der Waals surface area contributed by atoms with Gasteiger partial charge in [0.2, 0.25) is 0 Å². The van der Waals surface area contributed by atoms with Crippen molar-refractivity contribution in [3.8, 4) is 0 Å². The molecule has 1 aliphatic rings. The van der Waals surface area contributed by atoms with E-state index in [-0.39, 0.29) is 17.9 Å². The van der Waals surface area contributed by atoms with E-state index in [9.17, 15) is 9.59 Å². The number of urea groups is 1. The summed E-state index contributed by atoms with van der Waals surface area (Å²) in [4.78, 5) is 22.9. The van der Waals surface area contributed by atoms with Crippen LogP contribution < -0.4 is 10.6 Å². The van der Waals surface area contributed by atoms with Crippen molar-refractivity contribution in [1.29, 1.82) is 0 Å². The SMILES string of the molecule is CCCCCC(C)(C)CNC(=O)NC1(CC(=O)O)CCC1. The van der Waals surface area contributed by atoms with Crippen LogP contribution in [0.25, 0.3) is 0 Å². The minimum absolute atomic E-state index is 0.0142. The first-order chi connectivity index (χ1) is 9.79. The molecule has 0 atom stereocenters. The first-order valence-electron chi connectivity index (χ1n) is 8.06. The third-order valence-electron chi connectivity index (χ3n) is 4.36. The van der Waals surface area contributed by atoms with E-state index in [1.807, 2.05) is 0 Å².